The summed E-state index contributed by atoms with van der Waals surface area (Å²) in [5.41, 5.74) is 13.1. The van der Waals surface area contributed by atoms with Gasteiger partial charge in [-0.15, -0.1) is 0 Å². The number of rotatable bonds is 0. The Bertz CT molecular complexity index is 440. The van der Waals surface area contributed by atoms with Crippen LogP contribution in [0.1, 0.15) is 0 Å². The Kier molecular flexibility index (Phi) is 1.15. The van der Waals surface area contributed by atoms with E-state index in [1.54, 1.807) is 12.1 Å². The van der Waals surface area contributed by atoms with E-state index in [-0.39, 0.29) is 5.69 Å². The molecule has 1 aromatic carbocycles. The van der Waals surface area contributed by atoms with Crippen molar-refractivity contribution in [3.05, 3.63) is 22.6 Å². The van der Waals surface area contributed by atoms with Crippen LogP contribution in [0.2, 0.25) is 0 Å². The minimum absolute atomic E-state index is 0.255. The molecule has 6 N–H and O–H groups in total. The van der Waals surface area contributed by atoms with Crippen molar-refractivity contribution in [2.45, 2.75) is 0 Å². The number of hydrogen-bond donors (Lipinski definition) is 4. The molecule has 2 aromatic rings. The zero-order valence-electron chi connectivity index (χ0n) is 6.22. The first-order valence-electron chi connectivity index (χ1n) is 3.44. The van der Waals surface area contributed by atoms with Gasteiger partial charge in [0.25, 0.3) is 0 Å². The van der Waals surface area contributed by atoms with E-state index in [9.17, 15) is 4.79 Å². The van der Waals surface area contributed by atoms with Crippen LogP contribution >= 0.6 is 0 Å². The van der Waals surface area contributed by atoms with Crippen molar-refractivity contribution in [1.29, 1.82) is 0 Å². The highest BCUT2D eigenvalue weighted by Crippen LogP contribution is 2.19. The van der Waals surface area contributed by atoms with Crippen molar-refractivity contribution < 1.29 is 0 Å². The van der Waals surface area contributed by atoms with E-state index in [1.807, 2.05) is 0 Å². The molecule has 0 unspecified atom stereocenters. The Balaban J connectivity index is 2.92. The minimum atomic E-state index is -0.255. The van der Waals surface area contributed by atoms with Gasteiger partial charge in [-0.2, -0.15) is 0 Å². The van der Waals surface area contributed by atoms with E-state index in [0.29, 0.717) is 22.4 Å². The summed E-state index contributed by atoms with van der Waals surface area (Å²) in [5, 5.41) is 0. The van der Waals surface area contributed by atoms with Crippen molar-refractivity contribution in [1.82, 2.24) is 9.97 Å². The molecular weight excluding hydrogens is 156 g/mol. The molecular formula is C7H8N4O. The fourth-order valence-electron chi connectivity index (χ4n) is 1.12. The number of nitrogens with one attached hydrogen (secondary N) is 2. The van der Waals surface area contributed by atoms with Crippen LogP contribution in [-0.2, 0) is 0 Å². The van der Waals surface area contributed by atoms with Gasteiger partial charge >= 0.3 is 5.69 Å². The number of H-pyrrole nitrogens is 2. The predicted octanol–water partition coefficient (Wildman–Crippen LogP) is 0.0206. The fourth-order valence-corrected chi connectivity index (χ4v) is 1.12. The summed E-state index contributed by atoms with van der Waals surface area (Å²) in [5.74, 6) is 0. The molecule has 0 saturated heterocycles. The van der Waals surface area contributed by atoms with Crippen LogP contribution in [0, 0.1) is 0 Å². The Morgan fingerprint density at radius 2 is 1.42 bits per heavy atom. The normalized spacial score (nSPS) is 10.7. The number of imidazole rings is 1. The number of nitrogen functional groups attached to an aromatic ring is 2. The number of benzene rings is 1. The lowest BCUT2D eigenvalue weighted by Gasteiger charge is -1.97. The Labute approximate surface area is 67.4 Å². The summed E-state index contributed by atoms with van der Waals surface area (Å²) in [6.45, 7) is 0. The Morgan fingerprint density at radius 1 is 1.00 bits per heavy atom. The van der Waals surface area contributed by atoms with Crippen molar-refractivity contribution in [3.63, 3.8) is 0 Å². The van der Waals surface area contributed by atoms with Gasteiger partial charge in [-0.25, -0.2) is 4.79 Å². The van der Waals surface area contributed by atoms with E-state index in [2.05, 4.69) is 9.97 Å². The number of anilines is 2. The lowest BCUT2D eigenvalue weighted by molar-refractivity contribution is 1.22. The average Bonchev–Trinajstić information content (AvgIpc) is 2.30. The maximum absolute atomic E-state index is 10.8. The van der Waals surface area contributed by atoms with E-state index in [1.165, 1.54) is 0 Å². The molecule has 0 aliphatic carbocycles. The van der Waals surface area contributed by atoms with Gasteiger partial charge in [0, 0.05) is 0 Å². The second kappa shape index (κ2) is 2.04. The van der Waals surface area contributed by atoms with Crippen molar-refractivity contribution in [2.75, 3.05) is 11.5 Å². The first-order valence-corrected chi connectivity index (χ1v) is 3.44. The topological polar surface area (TPSA) is 101 Å². The lowest BCUT2D eigenvalue weighted by Crippen LogP contribution is -1.99. The summed E-state index contributed by atoms with van der Waals surface area (Å²) in [6, 6.07) is 3.26. The number of fused-ring (bicyclic) bond motifs is 1. The quantitative estimate of drug-likeness (QED) is 0.413. The molecule has 5 heteroatoms. The molecule has 0 aliphatic rings. The van der Waals surface area contributed by atoms with Crippen LogP contribution in [0.4, 0.5) is 11.4 Å². The van der Waals surface area contributed by atoms with Crippen molar-refractivity contribution >= 4 is 22.4 Å². The average molecular weight is 164 g/mol. The summed E-state index contributed by atoms with van der Waals surface area (Å²) in [7, 11) is 0. The SMILES string of the molecule is Nc1cc2[nH]c(=O)[nH]c2cc1N. The van der Waals surface area contributed by atoms with Gasteiger partial charge in [0.15, 0.2) is 0 Å². The van der Waals surface area contributed by atoms with Gasteiger partial charge in [0.1, 0.15) is 0 Å². The van der Waals surface area contributed by atoms with E-state index < -0.39 is 0 Å². The van der Waals surface area contributed by atoms with Gasteiger partial charge < -0.3 is 21.4 Å². The molecule has 0 amide bonds. The largest absolute Gasteiger partial charge is 0.397 e. The summed E-state index contributed by atoms with van der Waals surface area (Å²) in [4.78, 5) is 16.0. The molecule has 0 bridgehead atoms. The zero-order valence-corrected chi connectivity index (χ0v) is 6.22. The van der Waals surface area contributed by atoms with Crippen LogP contribution in [-0.4, -0.2) is 9.97 Å². The highest BCUT2D eigenvalue weighted by atomic mass is 16.1. The third-order valence-corrected chi connectivity index (χ3v) is 1.72. The molecule has 1 heterocycles. The molecule has 0 fully saturated rings. The fraction of sp³-hybridized carbons (Fsp3) is 0. The third kappa shape index (κ3) is 0.833. The minimum Gasteiger partial charge on any atom is -0.397 e. The highest BCUT2D eigenvalue weighted by molar-refractivity contribution is 5.85. The van der Waals surface area contributed by atoms with Crippen molar-refractivity contribution in [2.24, 2.45) is 0 Å². The first-order chi connectivity index (χ1) is 5.66. The van der Waals surface area contributed by atoms with Crippen LogP contribution in [0.25, 0.3) is 11.0 Å². The predicted molar refractivity (Wildman–Crippen MR) is 47.7 cm³/mol. The number of hydrogen-bond acceptors (Lipinski definition) is 3. The van der Waals surface area contributed by atoms with Gasteiger partial charge in [-0.05, 0) is 12.1 Å². The summed E-state index contributed by atoms with van der Waals surface area (Å²) in [6.07, 6.45) is 0. The highest BCUT2D eigenvalue weighted by Gasteiger charge is 2.00. The van der Waals surface area contributed by atoms with E-state index in [4.69, 9.17) is 11.5 Å². The molecule has 62 valence electrons. The third-order valence-electron chi connectivity index (χ3n) is 1.72. The Hall–Kier alpha value is -1.91. The Morgan fingerprint density at radius 3 is 1.83 bits per heavy atom. The number of nitrogens with two attached hydrogens (primary N) is 2. The second-order valence-electron chi connectivity index (χ2n) is 2.61. The van der Waals surface area contributed by atoms with Gasteiger partial charge in [0.05, 0.1) is 22.4 Å². The molecule has 0 aliphatic heterocycles. The maximum atomic E-state index is 10.8. The second-order valence-corrected chi connectivity index (χ2v) is 2.61. The van der Waals surface area contributed by atoms with Crippen LogP contribution < -0.4 is 17.2 Å². The van der Waals surface area contributed by atoms with E-state index >= 15 is 0 Å². The summed E-state index contributed by atoms with van der Waals surface area (Å²) < 4.78 is 0. The first kappa shape index (κ1) is 6.78. The maximum Gasteiger partial charge on any atom is 0.323 e. The number of aromatic nitrogens is 2. The molecule has 0 saturated carbocycles. The molecule has 2 rings (SSSR count). The molecule has 12 heavy (non-hydrogen) atoms. The van der Waals surface area contributed by atoms with Crippen LogP contribution in [0.15, 0.2) is 16.9 Å². The van der Waals surface area contributed by atoms with Gasteiger partial charge in [-0.3, -0.25) is 0 Å². The molecule has 5 nitrogen and oxygen atoms in total. The van der Waals surface area contributed by atoms with Crippen LogP contribution in [0.3, 0.4) is 0 Å². The van der Waals surface area contributed by atoms with Crippen molar-refractivity contribution in [3.8, 4) is 0 Å². The summed E-state index contributed by atoms with van der Waals surface area (Å²) >= 11 is 0. The smallest absolute Gasteiger partial charge is 0.323 e. The standard InChI is InChI=1S/C7H8N4O/c8-3-1-5-6(2-4(3)9)11-7(12)10-5/h1-2H,8-9H2,(H2,10,11,12). The molecule has 0 radical (unpaired) electrons. The molecule has 1 aromatic heterocycles. The van der Waals surface area contributed by atoms with Gasteiger partial charge in [0.2, 0.25) is 0 Å². The van der Waals surface area contributed by atoms with E-state index in [0.717, 1.165) is 0 Å². The molecule has 0 atom stereocenters. The monoisotopic (exact) mass is 164 g/mol. The number of aromatic amines is 2. The lowest BCUT2D eigenvalue weighted by atomic mass is 10.2. The molecule has 0 spiro atoms. The van der Waals surface area contributed by atoms with Gasteiger partial charge in [-0.1, -0.05) is 0 Å². The van der Waals surface area contributed by atoms with Crippen LogP contribution in [0.5, 0.6) is 0 Å². The zero-order chi connectivity index (χ0) is 8.72.